The van der Waals surface area contributed by atoms with E-state index in [0.717, 1.165) is 19.6 Å². The van der Waals surface area contributed by atoms with Gasteiger partial charge >= 0.3 is 0 Å². The van der Waals surface area contributed by atoms with Crippen LogP contribution < -0.4 is 9.80 Å². The first kappa shape index (κ1) is 27.4. The Labute approximate surface area is 230 Å². The fraction of sp³-hybridized carbons (Fsp3) is 0.343. The maximum atomic E-state index is 2.40. The van der Waals surface area contributed by atoms with E-state index in [4.69, 9.17) is 0 Å². The van der Waals surface area contributed by atoms with E-state index in [-0.39, 0.29) is 0 Å². The number of nitrogens with zero attached hydrogens (tertiary/aromatic N) is 3. The second kappa shape index (κ2) is 11.9. The Balaban J connectivity index is 2.00. The van der Waals surface area contributed by atoms with Crippen molar-refractivity contribution in [2.75, 3.05) is 50.6 Å². The second-order valence-corrected chi connectivity index (χ2v) is 10.6. The number of benzene rings is 3. The first-order valence-corrected chi connectivity index (χ1v) is 14.1. The van der Waals surface area contributed by atoms with Gasteiger partial charge in [0.1, 0.15) is 14.1 Å². The van der Waals surface area contributed by atoms with Crippen LogP contribution >= 0.6 is 0 Å². The predicted octanol–water partition coefficient (Wildman–Crippen LogP) is 7.70. The molecule has 38 heavy (non-hydrogen) atoms. The molecule has 0 unspecified atom stereocenters. The Hall–Kier alpha value is -3.59. The van der Waals surface area contributed by atoms with E-state index < -0.39 is 0 Å². The lowest BCUT2D eigenvalue weighted by molar-refractivity contribution is -0.463. The van der Waals surface area contributed by atoms with E-state index in [1.54, 1.807) is 0 Å². The molecule has 3 aromatic carbocycles. The van der Waals surface area contributed by atoms with Crippen molar-refractivity contribution in [2.24, 2.45) is 0 Å². The molecule has 0 N–H and O–H groups in total. The summed E-state index contributed by atoms with van der Waals surface area (Å²) in [6.45, 7) is 14.2. The van der Waals surface area contributed by atoms with Gasteiger partial charge in [-0.1, -0.05) is 56.3 Å². The van der Waals surface area contributed by atoms with Crippen LogP contribution in [-0.2, 0) is 0 Å². The molecule has 0 aromatic heterocycles. The predicted molar refractivity (Wildman–Crippen MR) is 167 cm³/mol. The number of hydrogen-bond acceptors (Lipinski definition) is 2. The molecule has 0 spiro atoms. The maximum absolute atomic E-state index is 2.40. The molecular formula is C35H44N3+. The van der Waals surface area contributed by atoms with Gasteiger partial charge in [-0.2, -0.15) is 0 Å². The third-order valence-electron chi connectivity index (χ3n) is 7.78. The van der Waals surface area contributed by atoms with E-state index in [0.29, 0.717) is 5.92 Å². The van der Waals surface area contributed by atoms with Gasteiger partial charge in [0.15, 0.2) is 0 Å². The van der Waals surface area contributed by atoms with E-state index in [1.165, 1.54) is 56.0 Å². The van der Waals surface area contributed by atoms with Crippen LogP contribution in [0.4, 0.5) is 11.4 Å². The minimum atomic E-state index is 0.438. The summed E-state index contributed by atoms with van der Waals surface area (Å²) in [5.74, 6) is 0.438. The molecule has 0 fully saturated rings. The van der Waals surface area contributed by atoms with Gasteiger partial charge in [0.05, 0.1) is 5.56 Å². The molecule has 0 atom stereocenters. The molecule has 198 valence electrons. The highest BCUT2D eigenvalue weighted by Crippen LogP contribution is 2.40. The highest BCUT2D eigenvalue weighted by molar-refractivity contribution is 6.18. The molecule has 1 aliphatic rings. The standard InChI is InChI=1S/C35H44N3/c1-9-37(8)28-19-15-26(16-20-28)34(27-17-21-29(22-18-27)38(10-2)11-3)32-23-24-33(36(6)7)35-30(25(4)5)13-12-14-31(32)35/h12-25H,9-11H2,1-8H3/q+1. The third-order valence-corrected chi connectivity index (χ3v) is 7.78. The van der Waals surface area contributed by atoms with Gasteiger partial charge in [-0.3, -0.25) is 0 Å². The highest BCUT2D eigenvalue weighted by Gasteiger charge is 2.27. The normalized spacial score (nSPS) is 14.0. The fourth-order valence-electron chi connectivity index (χ4n) is 5.46. The summed E-state index contributed by atoms with van der Waals surface area (Å²) >= 11 is 0. The van der Waals surface area contributed by atoms with Gasteiger partial charge < -0.3 is 9.80 Å². The second-order valence-electron chi connectivity index (χ2n) is 10.6. The van der Waals surface area contributed by atoms with Gasteiger partial charge in [-0.05, 0) is 90.4 Å². The lowest BCUT2D eigenvalue weighted by Crippen LogP contribution is -2.21. The van der Waals surface area contributed by atoms with Crippen molar-refractivity contribution < 1.29 is 4.58 Å². The van der Waals surface area contributed by atoms with Crippen LogP contribution in [0.25, 0.3) is 11.1 Å². The van der Waals surface area contributed by atoms with Crippen LogP contribution in [0.3, 0.4) is 0 Å². The highest BCUT2D eigenvalue weighted by atomic mass is 15.1. The van der Waals surface area contributed by atoms with E-state index in [9.17, 15) is 0 Å². The topological polar surface area (TPSA) is 9.49 Å². The quantitative estimate of drug-likeness (QED) is 0.290. The minimum absolute atomic E-state index is 0.438. The SMILES string of the molecule is CCN(C)c1ccc(/C(=C2\C=CC(=[N+](C)C)c3c2cccc3C(C)C)c2ccc(N(CC)CC)cc2)cc1. The zero-order valence-corrected chi connectivity index (χ0v) is 24.5. The molecule has 1 aliphatic carbocycles. The van der Waals surface area contributed by atoms with Crippen molar-refractivity contribution >= 4 is 28.2 Å². The van der Waals surface area contributed by atoms with E-state index in [2.05, 4.69) is 149 Å². The third kappa shape index (κ3) is 5.34. The minimum Gasteiger partial charge on any atom is -0.375 e. The van der Waals surface area contributed by atoms with Gasteiger partial charge in [0, 0.05) is 44.1 Å². The molecule has 4 rings (SSSR count). The number of hydrogen-bond donors (Lipinski definition) is 0. The van der Waals surface area contributed by atoms with Crippen LogP contribution in [0.5, 0.6) is 0 Å². The molecule has 0 aliphatic heterocycles. The zero-order chi connectivity index (χ0) is 27.4. The molecule has 0 saturated heterocycles. The summed E-state index contributed by atoms with van der Waals surface area (Å²) in [6, 6.07) is 25.0. The number of rotatable bonds is 8. The smallest absolute Gasteiger partial charge is 0.207 e. The first-order chi connectivity index (χ1) is 18.3. The number of fused-ring (bicyclic) bond motifs is 1. The molecule has 0 saturated carbocycles. The van der Waals surface area contributed by atoms with Gasteiger partial charge in [-0.15, -0.1) is 0 Å². The van der Waals surface area contributed by atoms with Crippen molar-refractivity contribution in [1.82, 2.24) is 0 Å². The molecule has 0 heterocycles. The van der Waals surface area contributed by atoms with Crippen molar-refractivity contribution in [3.63, 3.8) is 0 Å². The van der Waals surface area contributed by atoms with Crippen molar-refractivity contribution in [3.8, 4) is 0 Å². The summed E-state index contributed by atoms with van der Waals surface area (Å²) in [4.78, 5) is 4.67. The lowest BCUT2D eigenvalue weighted by atomic mass is 9.80. The number of allylic oxidation sites excluding steroid dienone is 3. The summed E-state index contributed by atoms with van der Waals surface area (Å²) in [5, 5.41) is 0. The molecule has 3 aromatic rings. The summed E-state index contributed by atoms with van der Waals surface area (Å²) in [7, 11) is 6.43. The molecule has 3 nitrogen and oxygen atoms in total. The molecular weight excluding hydrogens is 462 g/mol. The first-order valence-electron chi connectivity index (χ1n) is 14.1. The van der Waals surface area contributed by atoms with E-state index >= 15 is 0 Å². The Morgan fingerprint density at radius 2 is 1.32 bits per heavy atom. The Morgan fingerprint density at radius 3 is 1.82 bits per heavy atom. The van der Waals surface area contributed by atoms with Gasteiger partial charge in [-0.25, -0.2) is 4.58 Å². The molecule has 0 amide bonds. The van der Waals surface area contributed by atoms with Gasteiger partial charge in [0.2, 0.25) is 5.71 Å². The van der Waals surface area contributed by atoms with Crippen LogP contribution in [-0.4, -0.2) is 51.1 Å². The van der Waals surface area contributed by atoms with Gasteiger partial charge in [0.25, 0.3) is 0 Å². The fourth-order valence-corrected chi connectivity index (χ4v) is 5.46. The largest absolute Gasteiger partial charge is 0.375 e. The van der Waals surface area contributed by atoms with Crippen LogP contribution in [0.15, 0.2) is 78.9 Å². The van der Waals surface area contributed by atoms with Crippen molar-refractivity contribution in [2.45, 2.75) is 40.5 Å². The Kier molecular flexibility index (Phi) is 8.56. The summed E-state index contributed by atoms with van der Waals surface area (Å²) < 4.78 is 2.24. The van der Waals surface area contributed by atoms with Crippen molar-refractivity contribution in [1.29, 1.82) is 0 Å². The molecule has 0 bridgehead atoms. The monoisotopic (exact) mass is 506 g/mol. The average Bonchev–Trinajstić information content (AvgIpc) is 2.94. The Morgan fingerprint density at radius 1 is 0.737 bits per heavy atom. The Bertz CT molecular complexity index is 1350. The summed E-state index contributed by atoms with van der Waals surface area (Å²) in [6.07, 6.45) is 4.62. The number of anilines is 2. The van der Waals surface area contributed by atoms with Crippen LogP contribution in [0.2, 0.25) is 0 Å². The lowest BCUT2D eigenvalue weighted by Gasteiger charge is -2.24. The molecule has 0 radical (unpaired) electrons. The van der Waals surface area contributed by atoms with Crippen LogP contribution in [0, 0.1) is 0 Å². The molecule has 3 heteroatoms. The zero-order valence-electron chi connectivity index (χ0n) is 24.5. The maximum Gasteiger partial charge on any atom is 0.207 e. The van der Waals surface area contributed by atoms with Crippen molar-refractivity contribution in [3.05, 3.63) is 107 Å². The van der Waals surface area contributed by atoms with Crippen LogP contribution in [0.1, 0.15) is 68.4 Å². The summed E-state index contributed by atoms with van der Waals surface area (Å²) in [5.41, 5.74) is 12.9. The van der Waals surface area contributed by atoms with E-state index in [1.807, 2.05) is 0 Å². The average molecular weight is 507 g/mol.